The third kappa shape index (κ3) is 2.43. The van der Waals surface area contributed by atoms with Crippen molar-refractivity contribution in [2.45, 2.75) is 30.2 Å². The fraction of sp³-hybridized carbons (Fsp3) is 0.571. The summed E-state index contributed by atoms with van der Waals surface area (Å²) in [6.45, 7) is 2.34. The van der Waals surface area contributed by atoms with Crippen LogP contribution in [0.4, 0.5) is 0 Å². The van der Waals surface area contributed by atoms with Crippen LogP contribution in [0.1, 0.15) is 18.4 Å². The zero-order valence-corrected chi connectivity index (χ0v) is 12.4. The Hall–Kier alpha value is -1.11. The van der Waals surface area contributed by atoms with E-state index in [-0.39, 0.29) is 6.04 Å². The molecule has 2 aliphatic rings. The second kappa shape index (κ2) is 5.35. The van der Waals surface area contributed by atoms with E-state index in [0.717, 1.165) is 43.7 Å². The molecular weight excluding hydrogens is 276 g/mol. The van der Waals surface area contributed by atoms with Crippen molar-refractivity contribution in [2.75, 3.05) is 26.7 Å². The zero-order valence-electron chi connectivity index (χ0n) is 11.6. The minimum Gasteiger partial charge on any atom is -0.493 e. The van der Waals surface area contributed by atoms with E-state index in [1.54, 1.807) is 25.2 Å². The molecule has 0 radical (unpaired) electrons. The monoisotopic (exact) mass is 296 g/mol. The summed E-state index contributed by atoms with van der Waals surface area (Å²) in [7, 11) is -1.75. The standard InChI is InChI=1S/C14H20N2O3S/c1-16(12-3-2-7-15-10-12)20(17,18)13-4-5-14-11(9-13)6-8-19-14/h4-5,9,12,15H,2-3,6-8,10H2,1H3. The predicted octanol–water partition coefficient (Wildman–Crippen LogP) is 0.994. The van der Waals surface area contributed by atoms with E-state index in [4.69, 9.17) is 4.74 Å². The highest BCUT2D eigenvalue weighted by Gasteiger charge is 2.29. The summed E-state index contributed by atoms with van der Waals surface area (Å²) in [5.74, 6) is 0.811. The zero-order chi connectivity index (χ0) is 14.2. The lowest BCUT2D eigenvalue weighted by Gasteiger charge is -2.31. The van der Waals surface area contributed by atoms with Crippen LogP contribution in [0.3, 0.4) is 0 Å². The molecule has 1 N–H and O–H groups in total. The van der Waals surface area contributed by atoms with Gasteiger partial charge in [0.2, 0.25) is 10.0 Å². The molecule has 2 heterocycles. The van der Waals surface area contributed by atoms with Gasteiger partial charge in [0.05, 0.1) is 11.5 Å². The van der Waals surface area contributed by atoms with Crippen LogP contribution in [0.5, 0.6) is 5.75 Å². The number of ether oxygens (including phenoxy) is 1. The van der Waals surface area contributed by atoms with Crippen LogP contribution >= 0.6 is 0 Å². The van der Waals surface area contributed by atoms with E-state index >= 15 is 0 Å². The summed E-state index contributed by atoms with van der Waals surface area (Å²) >= 11 is 0. The Morgan fingerprint density at radius 2 is 2.25 bits per heavy atom. The molecule has 1 unspecified atom stereocenters. The first-order valence-corrected chi connectivity index (χ1v) is 8.47. The van der Waals surface area contributed by atoms with Gasteiger partial charge < -0.3 is 10.1 Å². The van der Waals surface area contributed by atoms with Crippen LogP contribution in [0.15, 0.2) is 23.1 Å². The molecule has 0 aromatic heterocycles. The Kier molecular flexibility index (Phi) is 3.70. The first kappa shape index (κ1) is 13.9. The van der Waals surface area contributed by atoms with Gasteiger partial charge in [0.1, 0.15) is 5.75 Å². The van der Waals surface area contributed by atoms with Crippen LogP contribution in [0.2, 0.25) is 0 Å². The van der Waals surface area contributed by atoms with Crippen molar-refractivity contribution in [3.05, 3.63) is 23.8 Å². The minimum absolute atomic E-state index is 0.0401. The maximum Gasteiger partial charge on any atom is 0.243 e. The second-order valence-corrected chi connectivity index (χ2v) is 7.39. The number of rotatable bonds is 3. The van der Waals surface area contributed by atoms with Gasteiger partial charge in [-0.2, -0.15) is 4.31 Å². The number of hydrogen-bond donors (Lipinski definition) is 1. The van der Waals surface area contributed by atoms with E-state index < -0.39 is 10.0 Å². The molecule has 3 rings (SSSR count). The number of hydrogen-bond acceptors (Lipinski definition) is 4. The summed E-state index contributed by atoms with van der Waals surface area (Å²) in [6, 6.07) is 5.21. The fourth-order valence-corrected chi connectivity index (χ4v) is 4.27. The fourth-order valence-electron chi connectivity index (χ4n) is 2.83. The molecule has 0 amide bonds. The average molecular weight is 296 g/mol. The van der Waals surface area contributed by atoms with E-state index in [9.17, 15) is 8.42 Å². The van der Waals surface area contributed by atoms with Crippen molar-refractivity contribution in [3.63, 3.8) is 0 Å². The molecule has 0 aliphatic carbocycles. The van der Waals surface area contributed by atoms with Crippen LogP contribution in [-0.4, -0.2) is 45.5 Å². The van der Waals surface area contributed by atoms with Crippen molar-refractivity contribution >= 4 is 10.0 Å². The maximum absolute atomic E-state index is 12.7. The van der Waals surface area contributed by atoms with Gasteiger partial charge >= 0.3 is 0 Å². The molecule has 0 bridgehead atoms. The summed E-state index contributed by atoms with van der Waals surface area (Å²) in [6.07, 6.45) is 2.72. The van der Waals surface area contributed by atoms with Gasteiger partial charge in [0, 0.05) is 26.1 Å². The van der Waals surface area contributed by atoms with Gasteiger partial charge in [0.25, 0.3) is 0 Å². The van der Waals surface area contributed by atoms with Crippen molar-refractivity contribution in [1.82, 2.24) is 9.62 Å². The topological polar surface area (TPSA) is 58.6 Å². The van der Waals surface area contributed by atoms with E-state index in [1.165, 1.54) is 4.31 Å². The lowest BCUT2D eigenvalue weighted by molar-refractivity contribution is 0.300. The molecule has 1 atom stereocenters. The van der Waals surface area contributed by atoms with E-state index in [0.29, 0.717) is 11.5 Å². The number of benzene rings is 1. The summed E-state index contributed by atoms with van der Waals surface area (Å²) in [5, 5.41) is 3.25. The van der Waals surface area contributed by atoms with Crippen LogP contribution in [0.25, 0.3) is 0 Å². The molecule has 5 nitrogen and oxygen atoms in total. The molecule has 1 saturated heterocycles. The normalized spacial score (nSPS) is 22.6. The molecule has 1 aromatic carbocycles. The highest BCUT2D eigenvalue weighted by molar-refractivity contribution is 7.89. The van der Waals surface area contributed by atoms with E-state index in [1.807, 2.05) is 0 Å². The van der Waals surface area contributed by atoms with E-state index in [2.05, 4.69) is 5.32 Å². The van der Waals surface area contributed by atoms with Crippen LogP contribution in [0, 0.1) is 0 Å². The molecule has 1 aromatic rings. The number of fused-ring (bicyclic) bond motifs is 1. The third-order valence-electron chi connectivity index (χ3n) is 4.12. The number of likely N-dealkylation sites (N-methyl/N-ethyl adjacent to an activating group) is 1. The Balaban J connectivity index is 1.87. The Bertz CT molecular complexity index is 594. The highest BCUT2D eigenvalue weighted by Crippen LogP contribution is 2.29. The largest absolute Gasteiger partial charge is 0.493 e. The third-order valence-corrected chi connectivity index (χ3v) is 6.03. The summed E-state index contributed by atoms with van der Waals surface area (Å²) in [4.78, 5) is 0.370. The first-order chi connectivity index (χ1) is 9.59. The van der Waals surface area contributed by atoms with Crippen LogP contribution < -0.4 is 10.1 Å². The molecule has 6 heteroatoms. The molecule has 20 heavy (non-hydrogen) atoms. The molecule has 0 saturated carbocycles. The van der Waals surface area contributed by atoms with Gasteiger partial charge in [0.15, 0.2) is 0 Å². The number of nitrogens with zero attached hydrogens (tertiary/aromatic N) is 1. The molecule has 0 spiro atoms. The van der Waals surface area contributed by atoms with Crippen molar-refractivity contribution < 1.29 is 13.2 Å². The second-order valence-electron chi connectivity index (χ2n) is 5.39. The lowest BCUT2D eigenvalue weighted by atomic mass is 10.1. The average Bonchev–Trinajstić information content (AvgIpc) is 2.94. The van der Waals surface area contributed by atoms with Gasteiger partial charge in [-0.25, -0.2) is 8.42 Å². The number of sulfonamides is 1. The minimum atomic E-state index is -3.42. The lowest BCUT2D eigenvalue weighted by Crippen LogP contribution is -2.46. The van der Waals surface area contributed by atoms with Gasteiger partial charge in [-0.3, -0.25) is 0 Å². The molecule has 2 aliphatic heterocycles. The molecule has 110 valence electrons. The molecule has 1 fully saturated rings. The summed E-state index contributed by atoms with van der Waals surface area (Å²) in [5.41, 5.74) is 0.987. The number of piperidine rings is 1. The van der Waals surface area contributed by atoms with Crippen molar-refractivity contribution in [1.29, 1.82) is 0 Å². The highest BCUT2D eigenvalue weighted by atomic mass is 32.2. The quantitative estimate of drug-likeness (QED) is 0.904. The Labute approximate surface area is 120 Å². The van der Waals surface area contributed by atoms with Gasteiger partial charge in [-0.1, -0.05) is 0 Å². The van der Waals surface area contributed by atoms with Crippen LogP contribution in [-0.2, 0) is 16.4 Å². The Morgan fingerprint density at radius 1 is 1.40 bits per heavy atom. The summed E-state index contributed by atoms with van der Waals surface area (Å²) < 4.78 is 32.3. The first-order valence-electron chi connectivity index (χ1n) is 7.03. The van der Waals surface area contributed by atoms with Crippen molar-refractivity contribution in [3.8, 4) is 5.75 Å². The maximum atomic E-state index is 12.7. The Morgan fingerprint density at radius 3 is 3.00 bits per heavy atom. The van der Waals surface area contributed by atoms with Gasteiger partial charge in [-0.15, -0.1) is 0 Å². The molecular formula is C14H20N2O3S. The smallest absolute Gasteiger partial charge is 0.243 e. The van der Waals surface area contributed by atoms with Gasteiger partial charge in [-0.05, 0) is 43.1 Å². The SMILES string of the molecule is CN(C1CCCNC1)S(=O)(=O)c1ccc2c(c1)CCO2. The number of nitrogens with one attached hydrogen (secondary N) is 1. The predicted molar refractivity (Wildman–Crippen MR) is 76.5 cm³/mol. The van der Waals surface area contributed by atoms with Crippen molar-refractivity contribution in [2.24, 2.45) is 0 Å².